The molecule has 2 aliphatic rings. The smallest absolute Gasteiger partial charge is 0.293 e. The van der Waals surface area contributed by atoms with E-state index in [2.05, 4.69) is 5.32 Å². The van der Waals surface area contributed by atoms with E-state index in [1.807, 2.05) is 11.9 Å². The van der Waals surface area contributed by atoms with Gasteiger partial charge < -0.3 is 20.0 Å². The minimum absolute atomic E-state index is 0. The molecule has 10 heteroatoms. The third-order valence-corrected chi connectivity index (χ3v) is 5.56. The summed E-state index contributed by atoms with van der Waals surface area (Å²) in [6, 6.07) is 4.86. The van der Waals surface area contributed by atoms with Gasteiger partial charge >= 0.3 is 0 Å². The van der Waals surface area contributed by atoms with Crippen LogP contribution < -0.4 is 10.2 Å². The van der Waals surface area contributed by atoms with E-state index < -0.39 is 4.92 Å². The zero-order valence-corrected chi connectivity index (χ0v) is 17.6. The number of amides is 2. The Hall–Kier alpha value is -2.39. The van der Waals surface area contributed by atoms with Crippen LogP contribution in [0.5, 0.6) is 0 Å². The average molecular weight is 426 g/mol. The van der Waals surface area contributed by atoms with Gasteiger partial charge in [0.05, 0.1) is 4.92 Å². The second-order valence-corrected chi connectivity index (χ2v) is 7.31. The lowest BCUT2D eigenvalue weighted by molar-refractivity contribution is -0.384. The second kappa shape index (κ2) is 9.89. The maximum absolute atomic E-state index is 12.9. The minimum Gasteiger partial charge on any atom is -0.362 e. The summed E-state index contributed by atoms with van der Waals surface area (Å²) in [4.78, 5) is 41.1. The third kappa shape index (κ3) is 4.97. The molecule has 0 spiro atoms. The molecule has 2 aliphatic heterocycles. The van der Waals surface area contributed by atoms with Gasteiger partial charge in [0.1, 0.15) is 5.69 Å². The summed E-state index contributed by atoms with van der Waals surface area (Å²) >= 11 is 0. The van der Waals surface area contributed by atoms with Gasteiger partial charge in [-0.2, -0.15) is 0 Å². The number of piperazine rings is 1. The van der Waals surface area contributed by atoms with E-state index in [1.54, 1.807) is 21.9 Å². The zero-order valence-electron chi connectivity index (χ0n) is 16.8. The van der Waals surface area contributed by atoms with E-state index in [0.29, 0.717) is 50.5 Å². The van der Waals surface area contributed by atoms with Crippen molar-refractivity contribution < 1.29 is 14.5 Å². The van der Waals surface area contributed by atoms with Crippen molar-refractivity contribution in [2.24, 2.45) is 0 Å². The summed E-state index contributed by atoms with van der Waals surface area (Å²) in [6.07, 6.45) is 1.88. The summed E-state index contributed by atoms with van der Waals surface area (Å²) in [6.45, 7) is 5.05. The number of likely N-dealkylation sites (N-methyl/N-ethyl adjacent to an activating group) is 1. The van der Waals surface area contributed by atoms with Crippen molar-refractivity contribution in [3.8, 4) is 0 Å². The maximum atomic E-state index is 12.9. The summed E-state index contributed by atoms with van der Waals surface area (Å²) in [7, 11) is 1.85. The predicted octanol–water partition coefficient (Wildman–Crippen LogP) is 1.51. The Morgan fingerprint density at radius 3 is 2.48 bits per heavy atom. The Bertz CT molecular complexity index is 767. The molecule has 2 amide bonds. The van der Waals surface area contributed by atoms with Crippen LogP contribution in [0.4, 0.5) is 11.4 Å². The average Bonchev–Trinajstić information content (AvgIpc) is 3.15. The van der Waals surface area contributed by atoms with Gasteiger partial charge in [0, 0.05) is 63.9 Å². The molecule has 1 aromatic carbocycles. The molecule has 0 radical (unpaired) electrons. The van der Waals surface area contributed by atoms with Crippen LogP contribution in [-0.4, -0.2) is 78.9 Å². The van der Waals surface area contributed by atoms with Gasteiger partial charge in [-0.25, -0.2) is 0 Å². The Labute approximate surface area is 176 Å². The number of nitrogens with zero attached hydrogens (tertiary/aromatic N) is 4. The normalized spacial score (nSPS) is 19.1. The lowest BCUT2D eigenvalue weighted by atomic mass is 10.1. The Balaban J connectivity index is 0.00000300. The molecule has 0 bridgehead atoms. The van der Waals surface area contributed by atoms with E-state index in [4.69, 9.17) is 0 Å². The van der Waals surface area contributed by atoms with E-state index in [1.165, 1.54) is 13.0 Å². The molecule has 1 unspecified atom stereocenters. The third-order valence-electron chi connectivity index (χ3n) is 5.56. The molecule has 1 aromatic rings. The molecular formula is C19H28ClN5O4. The lowest BCUT2D eigenvalue weighted by Crippen LogP contribution is -2.48. The monoisotopic (exact) mass is 425 g/mol. The standard InChI is InChI=1S/C19H27N5O4.ClH/c1-14(25)21-8-10-22(11-9-21)17-6-5-15(12-18(17)24(27)28)19(26)23-7-3-4-16(23)13-20-2;/h5-6,12,16,20H,3-4,7-11,13H2,1-2H3;1H. The minimum atomic E-state index is -0.432. The lowest BCUT2D eigenvalue weighted by Gasteiger charge is -2.35. The van der Waals surface area contributed by atoms with Gasteiger partial charge in [-0.15, -0.1) is 12.4 Å². The van der Waals surface area contributed by atoms with E-state index in [-0.39, 0.29) is 36.0 Å². The molecule has 2 heterocycles. The van der Waals surface area contributed by atoms with Crippen molar-refractivity contribution in [3.05, 3.63) is 33.9 Å². The summed E-state index contributed by atoms with van der Waals surface area (Å²) < 4.78 is 0. The van der Waals surface area contributed by atoms with Crippen LogP contribution in [-0.2, 0) is 4.79 Å². The molecule has 29 heavy (non-hydrogen) atoms. The first-order valence-electron chi connectivity index (χ1n) is 9.67. The van der Waals surface area contributed by atoms with Crippen molar-refractivity contribution in [1.82, 2.24) is 15.1 Å². The Morgan fingerprint density at radius 1 is 1.21 bits per heavy atom. The molecule has 3 rings (SSSR count). The number of nitro benzene ring substituents is 1. The fourth-order valence-electron chi connectivity index (χ4n) is 4.05. The van der Waals surface area contributed by atoms with Crippen molar-refractivity contribution in [1.29, 1.82) is 0 Å². The predicted molar refractivity (Wildman–Crippen MR) is 113 cm³/mol. The molecule has 2 fully saturated rings. The van der Waals surface area contributed by atoms with Gasteiger partial charge in [-0.05, 0) is 32.0 Å². The van der Waals surface area contributed by atoms with Crippen molar-refractivity contribution >= 4 is 35.6 Å². The number of hydrogen-bond donors (Lipinski definition) is 1. The quantitative estimate of drug-likeness (QED) is 0.567. The largest absolute Gasteiger partial charge is 0.362 e. The number of hydrogen-bond acceptors (Lipinski definition) is 6. The van der Waals surface area contributed by atoms with Gasteiger partial charge in [0.2, 0.25) is 5.91 Å². The highest BCUT2D eigenvalue weighted by molar-refractivity contribution is 5.96. The van der Waals surface area contributed by atoms with Crippen molar-refractivity contribution in [2.75, 3.05) is 51.2 Å². The number of carbonyl (C=O) groups excluding carboxylic acids is 2. The molecular weight excluding hydrogens is 398 g/mol. The number of anilines is 1. The highest BCUT2D eigenvalue weighted by atomic mass is 35.5. The maximum Gasteiger partial charge on any atom is 0.293 e. The Kier molecular flexibility index (Phi) is 7.80. The number of rotatable bonds is 5. The van der Waals surface area contributed by atoms with E-state index in [9.17, 15) is 19.7 Å². The number of carbonyl (C=O) groups is 2. The highest BCUT2D eigenvalue weighted by Crippen LogP contribution is 2.31. The topological polar surface area (TPSA) is 99.0 Å². The van der Waals surface area contributed by atoms with Crippen LogP contribution in [0.15, 0.2) is 18.2 Å². The van der Waals surface area contributed by atoms with Crippen LogP contribution in [0, 0.1) is 10.1 Å². The Morgan fingerprint density at radius 2 is 1.90 bits per heavy atom. The fourth-order valence-corrected chi connectivity index (χ4v) is 4.05. The number of likely N-dealkylation sites (tertiary alicyclic amines) is 1. The van der Waals surface area contributed by atoms with Gasteiger partial charge in [-0.1, -0.05) is 0 Å². The van der Waals surface area contributed by atoms with Crippen molar-refractivity contribution in [3.63, 3.8) is 0 Å². The molecule has 0 aliphatic carbocycles. The first-order chi connectivity index (χ1) is 13.4. The van der Waals surface area contributed by atoms with Gasteiger partial charge in [-0.3, -0.25) is 19.7 Å². The molecule has 1 N–H and O–H groups in total. The van der Waals surface area contributed by atoms with Gasteiger partial charge in [0.25, 0.3) is 11.6 Å². The number of halogens is 1. The molecule has 0 aromatic heterocycles. The molecule has 0 saturated carbocycles. The summed E-state index contributed by atoms with van der Waals surface area (Å²) in [5.41, 5.74) is 0.783. The van der Waals surface area contributed by atoms with Crippen LogP contribution in [0.2, 0.25) is 0 Å². The molecule has 160 valence electrons. The molecule has 2 saturated heterocycles. The van der Waals surface area contributed by atoms with Crippen LogP contribution in [0.1, 0.15) is 30.1 Å². The van der Waals surface area contributed by atoms with Crippen LogP contribution in [0.3, 0.4) is 0 Å². The van der Waals surface area contributed by atoms with Crippen LogP contribution in [0.25, 0.3) is 0 Å². The van der Waals surface area contributed by atoms with E-state index >= 15 is 0 Å². The first-order valence-corrected chi connectivity index (χ1v) is 9.67. The number of nitro groups is 1. The molecule has 1 atom stereocenters. The van der Waals surface area contributed by atoms with Gasteiger partial charge in [0.15, 0.2) is 0 Å². The summed E-state index contributed by atoms with van der Waals surface area (Å²) in [5.74, 6) is -0.148. The van der Waals surface area contributed by atoms with Crippen LogP contribution >= 0.6 is 12.4 Å². The number of benzene rings is 1. The second-order valence-electron chi connectivity index (χ2n) is 7.31. The fraction of sp³-hybridized carbons (Fsp3) is 0.579. The SMILES string of the molecule is CNCC1CCCN1C(=O)c1ccc(N2CCN(C(C)=O)CC2)c([N+](=O)[O-])c1.Cl. The first kappa shape index (κ1) is 22.9. The van der Waals surface area contributed by atoms with Crippen molar-refractivity contribution in [2.45, 2.75) is 25.8 Å². The number of nitrogens with one attached hydrogen (secondary N) is 1. The van der Waals surface area contributed by atoms with E-state index in [0.717, 1.165) is 12.8 Å². The summed E-state index contributed by atoms with van der Waals surface area (Å²) in [5, 5.41) is 14.8. The highest BCUT2D eigenvalue weighted by Gasteiger charge is 2.31. The molecule has 9 nitrogen and oxygen atoms in total. The zero-order chi connectivity index (χ0) is 20.3.